The third-order valence-corrected chi connectivity index (χ3v) is 5.96. The van der Waals surface area contributed by atoms with Gasteiger partial charge >= 0.3 is 5.97 Å². The fourth-order valence-corrected chi connectivity index (χ4v) is 4.54. The minimum atomic E-state index is -0.539. The van der Waals surface area contributed by atoms with Crippen LogP contribution in [0, 0.1) is 0 Å². The summed E-state index contributed by atoms with van der Waals surface area (Å²) in [6.07, 6.45) is 2.48. The number of allylic oxidation sites excluding steroid dienone is 3. The lowest BCUT2D eigenvalue weighted by atomic mass is 9.73. The highest BCUT2D eigenvalue weighted by molar-refractivity contribution is 6.04. The molecule has 0 saturated carbocycles. The molecule has 0 spiro atoms. The summed E-state index contributed by atoms with van der Waals surface area (Å²) in [5, 5.41) is 3.36. The van der Waals surface area contributed by atoms with E-state index in [9.17, 15) is 9.59 Å². The topological polar surface area (TPSA) is 77.5 Å². The number of hydrogen-bond acceptors (Lipinski definition) is 6. The predicted molar refractivity (Wildman–Crippen MR) is 121 cm³/mol. The van der Waals surface area contributed by atoms with Crippen molar-refractivity contribution < 1.29 is 19.1 Å². The molecule has 1 N–H and O–H groups in total. The average molecular weight is 433 g/mol. The molecule has 1 aliphatic heterocycles. The number of nitrogens with one attached hydrogen (secondary N) is 1. The Morgan fingerprint density at radius 1 is 1.12 bits per heavy atom. The van der Waals surface area contributed by atoms with E-state index in [0.29, 0.717) is 35.4 Å². The molecule has 1 aromatic heterocycles. The Bertz CT molecular complexity index is 1080. The number of Topliss-reactive ketones (excluding diaryl/α,β-unsaturated/α-hetero) is 1. The summed E-state index contributed by atoms with van der Waals surface area (Å²) in [4.78, 5) is 31.0. The van der Waals surface area contributed by atoms with Crippen LogP contribution in [0.3, 0.4) is 0 Å². The van der Waals surface area contributed by atoms with Crippen molar-refractivity contribution in [3.8, 4) is 5.75 Å². The van der Waals surface area contributed by atoms with E-state index in [4.69, 9.17) is 9.47 Å². The smallest absolute Gasteiger partial charge is 0.337 e. The average Bonchev–Trinajstić information content (AvgIpc) is 2.78. The molecule has 32 heavy (non-hydrogen) atoms. The maximum Gasteiger partial charge on any atom is 0.337 e. The second-order valence-electron chi connectivity index (χ2n) is 8.50. The van der Waals surface area contributed by atoms with E-state index in [-0.39, 0.29) is 17.8 Å². The second-order valence-corrected chi connectivity index (χ2v) is 8.50. The molecule has 0 bridgehead atoms. The van der Waals surface area contributed by atoms with E-state index in [1.165, 1.54) is 0 Å². The largest absolute Gasteiger partial charge is 0.497 e. The zero-order valence-corrected chi connectivity index (χ0v) is 18.8. The standard InChI is InChI=1S/C26H28N2O4/c1-15(2)32-26(30)23-16(3)28-21-13-18(17-8-10-19(31-4)11-9-17)14-22(29)24(21)25(23)20-7-5-6-12-27-20/h5-12,15,18,25,28H,13-14H2,1-4H3/t18-,25+/m1/s1. The van der Waals surface area contributed by atoms with Crippen molar-refractivity contribution in [1.82, 2.24) is 10.3 Å². The molecule has 2 aromatic rings. The molecule has 2 heterocycles. The van der Waals surface area contributed by atoms with Crippen LogP contribution in [0.1, 0.15) is 56.7 Å². The van der Waals surface area contributed by atoms with Gasteiger partial charge in [0, 0.05) is 29.6 Å². The van der Waals surface area contributed by atoms with Crippen LogP contribution in [0.4, 0.5) is 0 Å². The summed E-state index contributed by atoms with van der Waals surface area (Å²) in [6, 6.07) is 13.4. The van der Waals surface area contributed by atoms with Crippen LogP contribution in [0.15, 0.2) is 71.2 Å². The Hall–Kier alpha value is -3.41. The van der Waals surface area contributed by atoms with Crippen LogP contribution in [0.25, 0.3) is 0 Å². The Kier molecular flexibility index (Phi) is 6.12. The Labute approximate surface area is 188 Å². The summed E-state index contributed by atoms with van der Waals surface area (Å²) in [5.41, 5.74) is 4.40. The first-order valence-corrected chi connectivity index (χ1v) is 10.9. The third-order valence-electron chi connectivity index (χ3n) is 5.96. The van der Waals surface area contributed by atoms with E-state index in [0.717, 1.165) is 17.0 Å². The van der Waals surface area contributed by atoms with Gasteiger partial charge in [-0.05, 0) is 62.9 Å². The highest BCUT2D eigenvalue weighted by atomic mass is 16.5. The molecule has 0 radical (unpaired) electrons. The summed E-state index contributed by atoms with van der Waals surface area (Å²) < 4.78 is 10.8. The maximum absolute atomic E-state index is 13.5. The SMILES string of the molecule is COc1ccc([C@H]2CC(=O)C3=C(C2)NC(C)=C(C(=O)OC(C)C)[C@@H]3c2ccccn2)cc1. The van der Waals surface area contributed by atoms with Crippen molar-refractivity contribution in [2.24, 2.45) is 0 Å². The number of nitrogens with zero attached hydrogens (tertiary/aromatic N) is 1. The van der Waals surface area contributed by atoms with Crippen molar-refractivity contribution in [2.75, 3.05) is 7.11 Å². The lowest BCUT2D eigenvalue weighted by molar-refractivity contribution is -0.143. The number of hydrogen-bond donors (Lipinski definition) is 1. The molecule has 1 aliphatic carbocycles. The van der Waals surface area contributed by atoms with Gasteiger partial charge < -0.3 is 14.8 Å². The van der Waals surface area contributed by atoms with E-state index in [1.54, 1.807) is 13.3 Å². The molecule has 2 atom stereocenters. The minimum absolute atomic E-state index is 0.0255. The highest BCUT2D eigenvalue weighted by Crippen LogP contribution is 2.45. The first-order chi connectivity index (χ1) is 15.4. The molecule has 2 aliphatic rings. The number of benzene rings is 1. The van der Waals surface area contributed by atoms with Gasteiger partial charge in [-0.1, -0.05) is 18.2 Å². The molecule has 6 heteroatoms. The van der Waals surface area contributed by atoms with Crippen LogP contribution >= 0.6 is 0 Å². The number of methoxy groups -OCH3 is 1. The van der Waals surface area contributed by atoms with Gasteiger partial charge in [0.1, 0.15) is 5.75 Å². The first kappa shape index (κ1) is 21.8. The van der Waals surface area contributed by atoms with Crippen molar-refractivity contribution in [2.45, 2.75) is 51.6 Å². The number of rotatable bonds is 5. The number of ketones is 1. The lowest BCUT2D eigenvalue weighted by Crippen LogP contribution is -2.36. The van der Waals surface area contributed by atoms with Crippen molar-refractivity contribution in [3.63, 3.8) is 0 Å². The summed E-state index contributed by atoms with van der Waals surface area (Å²) in [7, 11) is 1.64. The number of carbonyl (C=O) groups is 2. The summed E-state index contributed by atoms with van der Waals surface area (Å²) >= 11 is 0. The summed E-state index contributed by atoms with van der Waals surface area (Å²) in [5.74, 6) is -0.0900. The van der Waals surface area contributed by atoms with Crippen molar-refractivity contribution in [1.29, 1.82) is 0 Å². The molecule has 0 unspecified atom stereocenters. The van der Waals surface area contributed by atoms with Gasteiger partial charge in [-0.2, -0.15) is 0 Å². The number of carbonyl (C=O) groups excluding carboxylic acids is 2. The van der Waals surface area contributed by atoms with Gasteiger partial charge in [-0.3, -0.25) is 9.78 Å². The fourth-order valence-electron chi connectivity index (χ4n) is 4.54. The Balaban J connectivity index is 1.74. The molecular formula is C26H28N2O4. The van der Waals surface area contributed by atoms with Crippen molar-refractivity contribution >= 4 is 11.8 Å². The molecule has 6 nitrogen and oxygen atoms in total. The van der Waals surface area contributed by atoms with Crippen LogP contribution in [-0.2, 0) is 14.3 Å². The number of ether oxygens (including phenoxy) is 2. The van der Waals surface area contributed by atoms with Gasteiger partial charge in [0.25, 0.3) is 0 Å². The van der Waals surface area contributed by atoms with Gasteiger partial charge in [-0.25, -0.2) is 4.79 Å². The monoisotopic (exact) mass is 432 g/mol. The fraction of sp³-hybridized carbons (Fsp3) is 0.346. The maximum atomic E-state index is 13.5. The molecule has 0 saturated heterocycles. The molecule has 1 aromatic carbocycles. The van der Waals surface area contributed by atoms with E-state index in [2.05, 4.69) is 10.3 Å². The lowest BCUT2D eigenvalue weighted by Gasteiger charge is -2.36. The van der Waals surface area contributed by atoms with E-state index in [1.807, 2.05) is 63.2 Å². The number of dihydropyridines is 1. The predicted octanol–water partition coefficient (Wildman–Crippen LogP) is 4.40. The summed E-state index contributed by atoms with van der Waals surface area (Å²) in [6.45, 7) is 5.49. The van der Waals surface area contributed by atoms with Gasteiger partial charge in [0.15, 0.2) is 5.78 Å². The van der Waals surface area contributed by atoms with Gasteiger partial charge in [0.2, 0.25) is 0 Å². The van der Waals surface area contributed by atoms with Gasteiger partial charge in [0.05, 0.1) is 30.4 Å². The second kappa shape index (κ2) is 8.99. The number of aromatic nitrogens is 1. The number of pyridine rings is 1. The van der Waals surface area contributed by atoms with Crippen molar-refractivity contribution in [3.05, 3.63) is 82.5 Å². The Morgan fingerprint density at radius 3 is 2.50 bits per heavy atom. The van der Waals surface area contributed by atoms with Crippen LogP contribution in [-0.4, -0.2) is 30.0 Å². The Morgan fingerprint density at radius 2 is 1.88 bits per heavy atom. The molecule has 166 valence electrons. The zero-order valence-electron chi connectivity index (χ0n) is 18.8. The molecule has 4 rings (SSSR count). The quantitative estimate of drug-likeness (QED) is 0.706. The third kappa shape index (κ3) is 4.17. The van der Waals surface area contributed by atoms with E-state index >= 15 is 0 Å². The number of esters is 1. The van der Waals surface area contributed by atoms with Crippen LogP contribution in [0.2, 0.25) is 0 Å². The van der Waals surface area contributed by atoms with Gasteiger partial charge in [-0.15, -0.1) is 0 Å². The molecular weight excluding hydrogens is 404 g/mol. The van der Waals surface area contributed by atoms with E-state index < -0.39 is 11.9 Å². The first-order valence-electron chi connectivity index (χ1n) is 10.9. The van der Waals surface area contributed by atoms with Crippen LogP contribution in [0.5, 0.6) is 5.75 Å². The zero-order chi connectivity index (χ0) is 22.8. The minimum Gasteiger partial charge on any atom is -0.497 e. The molecule has 0 fully saturated rings. The highest BCUT2D eigenvalue weighted by Gasteiger charge is 2.42. The van der Waals surface area contributed by atoms with Crippen LogP contribution < -0.4 is 10.1 Å². The normalized spacial score (nSPS) is 20.7. The molecule has 0 amide bonds.